The summed E-state index contributed by atoms with van der Waals surface area (Å²) in [6.45, 7) is 1.08. The van der Waals surface area contributed by atoms with Crippen molar-refractivity contribution in [2.75, 3.05) is 20.3 Å². The van der Waals surface area contributed by atoms with Gasteiger partial charge < -0.3 is 19.0 Å². The molecular formula is C5H13O4P. The van der Waals surface area contributed by atoms with Crippen LogP contribution in [0.15, 0.2) is 0 Å². The Hall–Kier alpha value is 0.270. The van der Waals surface area contributed by atoms with Crippen molar-refractivity contribution in [3.8, 4) is 0 Å². The van der Waals surface area contributed by atoms with Crippen molar-refractivity contribution >= 4 is 8.60 Å². The van der Waals surface area contributed by atoms with E-state index < -0.39 is 8.60 Å². The van der Waals surface area contributed by atoms with Crippen LogP contribution in [0.1, 0.15) is 12.8 Å². The molecule has 0 bridgehead atoms. The Balaban J connectivity index is 2.77. The molecule has 0 amide bonds. The Bertz CT molecular complexity index is 68.7. The fourth-order valence-electron chi connectivity index (χ4n) is 0.495. The standard InChI is InChI=1S/C5H13O4P/c1-8-4-2-3-5-9-10(6)7/h6-7H,2-5H2,1H3. The summed E-state index contributed by atoms with van der Waals surface area (Å²) in [5.74, 6) is 0. The maximum atomic E-state index is 8.28. The van der Waals surface area contributed by atoms with E-state index in [9.17, 15) is 0 Å². The molecule has 0 aromatic heterocycles. The van der Waals surface area contributed by atoms with Gasteiger partial charge in [0.1, 0.15) is 0 Å². The SMILES string of the molecule is COCCCCOP(O)O. The molecule has 0 aromatic rings. The van der Waals surface area contributed by atoms with Crippen LogP contribution in [-0.4, -0.2) is 30.1 Å². The van der Waals surface area contributed by atoms with Crippen molar-refractivity contribution in [3.63, 3.8) is 0 Å². The molecule has 0 fully saturated rings. The zero-order chi connectivity index (χ0) is 7.82. The second kappa shape index (κ2) is 7.38. The van der Waals surface area contributed by atoms with Crippen molar-refractivity contribution in [3.05, 3.63) is 0 Å². The van der Waals surface area contributed by atoms with E-state index in [0.717, 1.165) is 12.8 Å². The van der Waals surface area contributed by atoms with E-state index >= 15 is 0 Å². The highest BCUT2D eigenvalue weighted by atomic mass is 31.2. The molecule has 10 heavy (non-hydrogen) atoms. The number of ether oxygens (including phenoxy) is 1. The van der Waals surface area contributed by atoms with E-state index in [0.29, 0.717) is 13.2 Å². The zero-order valence-corrected chi connectivity index (χ0v) is 6.88. The topological polar surface area (TPSA) is 58.9 Å². The second-order valence-corrected chi connectivity index (χ2v) is 2.55. The summed E-state index contributed by atoms with van der Waals surface area (Å²) in [5.41, 5.74) is 0. The van der Waals surface area contributed by atoms with Gasteiger partial charge in [-0.3, -0.25) is 0 Å². The number of hydrogen-bond donors (Lipinski definition) is 2. The minimum atomic E-state index is -2.16. The van der Waals surface area contributed by atoms with E-state index in [4.69, 9.17) is 14.5 Å². The predicted octanol–water partition coefficient (Wildman–Crippen LogP) is 0.641. The molecule has 62 valence electrons. The molecule has 4 nitrogen and oxygen atoms in total. The summed E-state index contributed by atoms with van der Waals surface area (Å²) in [5, 5.41) is 0. The first-order chi connectivity index (χ1) is 4.77. The van der Waals surface area contributed by atoms with Gasteiger partial charge in [0.25, 0.3) is 0 Å². The average Bonchev–Trinajstić information content (AvgIpc) is 1.87. The Kier molecular flexibility index (Phi) is 7.58. The molecule has 2 N–H and O–H groups in total. The molecule has 0 unspecified atom stereocenters. The van der Waals surface area contributed by atoms with E-state index in [1.54, 1.807) is 7.11 Å². The Morgan fingerprint density at radius 1 is 1.20 bits per heavy atom. The van der Waals surface area contributed by atoms with Gasteiger partial charge in [0, 0.05) is 13.7 Å². The van der Waals surface area contributed by atoms with Crippen LogP contribution in [0.25, 0.3) is 0 Å². The van der Waals surface area contributed by atoms with Crippen LogP contribution in [0.2, 0.25) is 0 Å². The van der Waals surface area contributed by atoms with Crippen LogP contribution in [-0.2, 0) is 9.26 Å². The molecule has 0 aliphatic carbocycles. The number of rotatable bonds is 6. The highest BCUT2D eigenvalue weighted by Gasteiger charge is 1.96. The summed E-state index contributed by atoms with van der Waals surface area (Å²) in [6, 6.07) is 0. The summed E-state index contributed by atoms with van der Waals surface area (Å²) in [4.78, 5) is 16.6. The Labute approximate surface area is 61.8 Å². The smallest absolute Gasteiger partial charge is 0.327 e. The quantitative estimate of drug-likeness (QED) is 0.451. The third kappa shape index (κ3) is 8.27. The summed E-state index contributed by atoms with van der Waals surface area (Å²) < 4.78 is 9.28. The van der Waals surface area contributed by atoms with Crippen LogP contribution in [0.3, 0.4) is 0 Å². The minimum absolute atomic E-state index is 0.391. The molecule has 0 radical (unpaired) electrons. The van der Waals surface area contributed by atoms with E-state index in [1.165, 1.54) is 0 Å². The van der Waals surface area contributed by atoms with Gasteiger partial charge >= 0.3 is 8.60 Å². The molecular weight excluding hydrogens is 155 g/mol. The van der Waals surface area contributed by atoms with Crippen LogP contribution in [0.5, 0.6) is 0 Å². The predicted molar refractivity (Wildman–Crippen MR) is 38.4 cm³/mol. The third-order valence-electron chi connectivity index (χ3n) is 0.950. The van der Waals surface area contributed by atoms with E-state index in [-0.39, 0.29) is 0 Å². The van der Waals surface area contributed by atoms with Gasteiger partial charge in [0.05, 0.1) is 6.61 Å². The van der Waals surface area contributed by atoms with Crippen molar-refractivity contribution < 1.29 is 19.0 Å². The van der Waals surface area contributed by atoms with Crippen molar-refractivity contribution in [1.82, 2.24) is 0 Å². The molecule has 0 saturated carbocycles. The highest BCUT2D eigenvalue weighted by Crippen LogP contribution is 2.24. The summed E-state index contributed by atoms with van der Waals surface area (Å²) in [7, 11) is -0.531. The second-order valence-electron chi connectivity index (χ2n) is 1.79. The fraction of sp³-hybridized carbons (Fsp3) is 1.00. The maximum Gasteiger partial charge on any atom is 0.327 e. The Morgan fingerprint density at radius 2 is 1.80 bits per heavy atom. The summed E-state index contributed by atoms with van der Waals surface area (Å²) >= 11 is 0. The Morgan fingerprint density at radius 3 is 2.30 bits per heavy atom. The van der Waals surface area contributed by atoms with Gasteiger partial charge in [0.2, 0.25) is 0 Å². The minimum Gasteiger partial charge on any atom is -0.385 e. The average molecular weight is 168 g/mol. The lowest BCUT2D eigenvalue weighted by Gasteiger charge is -2.02. The van der Waals surface area contributed by atoms with Crippen molar-refractivity contribution in [1.29, 1.82) is 0 Å². The number of methoxy groups -OCH3 is 1. The maximum absolute atomic E-state index is 8.28. The first kappa shape index (κ1) is 10.3. The lowest BCUT2D eigenvalue weighted by molar-refractivity contribution is 0.180. The largest absolute Gasteiger partial charge is 0.385 e. The highest BCUT2D eigenvalue weighted by molar-refractivity contribution is 7.39. The van der Waals surface area contributed by atoms with Crippen LogP contribution < -0.4 is 0 Å². The molecule has 0 spiro atoms. The molecule has 0 atom stereocenters. The van der Waals surface area contributed by atoms with Gasteiger partial charge in [-0.15, -0.1) is 0 Å². The summed E-state index contributed by atoms with van der Waals surface area (Å²) in [6.07, 6.45) is 1.69. The first-order valence-corrected chi connectivity index (χ1v) is 4.23. The molecule has 0 aromatic carbocycles. The lowest BCUT2D eigenvalue weighted by atomic mass is 10.3. The number of unbranched alkanes of at least 4 members (excludes halogenated alkanes) is 1. The molecule has 0 aliphatic heterocycles. The van der Waals surface area contributed by atoms with Crippen molar-refractivity contribution in [2.24, 2.45) is 0 Å². The van der Waals surface area contributed by atoms with Gasteiger partial charge in [-0.1, -0.05) is 0 Å². The van der Waals surface area contributed by atoms with Crippen LogP contribution in [0.4, 0.5) is 0 Å². The molecule has 0 saturated heterocycles. The monoisotopic (exact) mass is 168 g/mol. The molecule has 0 aliphatic rings. The first-order valence-electron chi connectivity index (χ1n) is 3.07. The molecule has 0 rings (SSSR count). The van der Waals surface area contributed by atoms with Gasteiger partial charge in [-0.25, -0.2) is 0 Å². The van der Waals surface area contributed by atoms with Crippen LogP contribution >= 0.6 is 8.60 Å². The fourth-order valence-corrected chi connectivity index (χ4v) is 0.787. The van der Waals surface area contributed by atoms with E-state index in [2.05, 4.69) is 4.52 Å². The number of hydrogen-bond acceptors (Lipinski definition) is 4. The van der Waals surface area contributed by atoms with Crippen LogP contribution in [0, 0.1) is 0 Å². The van der Waals surface area contributed by atoms with Gasteiger partial charge in [-0.05, 0) is 12.8 Å². The molecule has 0 heterocycles. The third-order valence-corrected chi connectivity index (χ3v) is 1.36. The zero-order valence-electron chi connectivity index (χ0n) is 5.99. The van der Waals surface area contributed by atoms with Gasteiger partial charge in [0.15, 0.2) is 0 Å². The van der Waals surface area contributed by atoms with E-state index in [1.807, 2.05) is 0 Å². The van der Waals surface area contributed by atoms with Gasteiger partial charge in [-0.2, -0.15) is 0 Å². The van der Waals surface area contributed by atoms with Crippen molar-refractivity contribution in [2.45, 2.75) is 12.8 Å². The molecule has 5 heteroatoms. The lowest BCUT2D eigenvalue weighted by Crippen LogP contribution is -1.93. The normalized spacial score (nSPS) is 10.8.